The topological polar surface area (TPSA) is 24.7 Å². The van der Waals surface area contributed by atoms with Crippen molar-refractivity contribution in [3.63, 3.8) is 0 Å². The van der Waals surface area contributed by atoms with Crippen LogP contribution in [0.15, 0.2) is 10.2 Å². The minimum Gasteiger partial charge on any atom is -0.164 e. The second-order valence-corrected chi connectivity index (χ2v) is 5.67. The first-order valence-corrected chi connectivity index (χ1v) is 6.84. The van der Waals surface area contributed by atoms with Gasteiger partial charge in [0.1, 0.15) is 0 Å². The molecule has 0 saturated heterocycles. The molecule has 4 atom stereocenters. The summed E-state index contributed by atoms with van der Waals surface area (Å²) < 4.78 is 0. The van der Waals surface area contributed by atoms with Crippen LogP contribution in [0.5, 0.6) is 0 Å². The molecule has 90 valence electrons. The van der Waals surface area contributed by atoms with Gasteiger partial charge in [0.25, 0.3) is 0 Å². The van der Waals surface area contributed by atoms with Crippen LogP contribution in [-0.4, -0.2) is 12.4 Å². The molecule has 2 heteroatoms. The summed E-state index contributed by atoms with van der Waals surface area (Å²) in [5.74, 6) is 2.98. The molecule has 0 amide bonds. The Bertz CT molecular complexity index is 242. The van der Waals surface area contributed by atoms with Gasteiger partial charge in [-0.25, -0.2) is 0 Å². The van der Waals surface area contributed by atoms with E-state index in [-0.39, 0.29) is 0 Å². The molecule has 2 aliphatic carbocycles. The van der Waals surface area contributed by atoms with Crippen molar-refractivity contribution in [3.05, 3.63) is 0 Å². The van der Waals surface area contributed by atoms with Crippen molar-refractivity contribution >= 4 is 12.4 Å². The lowest BCUT2D eigenvalue weighted by Crippen LogP contribution is -2.06. The molecule has 0 aromatic carbocycles. The zero-order valence-electron chi connectivity index (χ0n) is 10.6. The zero-order chi connectivity index (χ0) is 11.4. The Hall–Kier alpha value is -0.660. The van der Waals surface area contributed by atoms with Crippen molar-refractivity contribution in [2.45, 2.75) is 52.4 Å². The Kier molecular flexibility index (Phi) is 4.14. The molecule has 16 heavy (non-hydrogen) atoms. The van der Waals surface area contributed by atoms with Gasteiger partial charge in [-0.2, -0.15) is 10.2 Å². The van der Waals surface area contributed by atoms with E-state index in [9.17, 15) is 0 Å². The summed E-state index contributed by atoms with van der Waals surface area (Å²) in [6, 6.07) is 0. The van der Waals surface area contributed by atoms with Crippen LogP contribution in [0.2, 0.25) is 0 Å². The van der Waals surface area contributed by atoms with Crippen LogP contribution in [-0.2, 0) is 0 Å². The third kappa shape index (κ3) is 2.93. The van der Waals surface area contributed by atoms with E-state index < -0.39 is 0 Å². The maximum Gasteiger partial charge on any atom is 0.0303 e. The zero-order valence-corrected chi connectivity index (χ0v) is 10.6. The largest absolute Gasteiger partial charge is 0.164 e. The normalized spacial score (nSPS) is 40.4. The standard InChI is InChI=1S/C14H24N2/c1-11-5-3-7-13(11)9-15-16-10-14-8-4-6-12(14)2/h9-14H,3-8H2,1-2H3/b15-9+,16-10+. The van der Waals surface area contributed by atoms with Gasteiger partial charge >= 0.3 is 0 Å². The summed E-state index contributed by atoms with van der Waals surface area (Å²) in [6.45, 7) is 4.65. The van der Waals surface area contributed by atoms with E-state index >= 15 is 0 Å². The first-order valence-electron chi connectivity index (χ1n) is 6.84. The fourth-order valence-corrected chi connectivity index (χ4v) is 3.04. The van der Waals surface area contributed by atoms with Crippen LogP contribution in [0.25, 0.3) is 0 Å². The fourth-order valence-electron chi connectivity index (χ4n) is 3.04. The summed E-state index contributed by atoms with van der Waals surface area (Å²) in [4.78, 5) is 0. The molecule has 2 fully saturated rings. The second kappa shape index (κ2) is 5.60. The van der Waals surface area contributed by atoms with Gasteiger partial charge in [-0.15, -0.1) is 0 Å². The predicted molar refractivity (Wildman–Crippen MR) is 70.0 cm³/mol. The van der Waals surface area contributed by atoms with Crippen LogP contribution in [0.1, 0.15) is 52.4 Å². The molecule has 0 aromatic rings. The summed E-state index contributed by atoms with van der Waals surface area (Å²) in [5, 5.41) is 8.49. The van der Waals surface area contributed by atoms with Gasteiger partial charge in [-0.3, -0.25) is 0 Å². The average Bonchev–Trinajstić information content (AvgIpc) is 2.84. The lowest BCUT2D eigenvalue weighted by Gasteiger charge is -2.08. The molecule has 4 unspecified atom stereocenters. The van der Waals surface area contributed by atoms with Crippen molar-refractivity contribution in [2.24, 2.45) is 33.9 Å². The Labute approximate surface area is 99.2 Å². The molecule has 0 heterocycles. The third-order valence-electron chi connectivity index (χ3n) is 4.44. The van der Waals surface area contributed by atoms with Crippen molar-refractivity contribution < 1.29 is 0 Å². The van der Waals surface area contributed by atoms with Gasteiger partial charge < -0.3 is 0 Å². The van der Waals surface area contributed by atoms with Crippen LogP contribution in [0.4, 0.5) is 0 Å². The minimum atomic E-state index is 0.679. The Balaban J connectivity index is 1.77. The molecule has 2 aliphatic rings. The highest BCUT2D eigenvalue weighted by molar-refractivity contribution is 5.65. The van der Waals surface area contributed by atoms with Gasteiger partial charge in [-0.1, -0.05) is 39.5 Å². The molecule has 2 saturated carbocycles. The van der Waals surface area contributed by atoms with Gasteiger partial charge in [0.2, 0.25) is 0 Å². The lowest BCUT2D eigenvalue weighted by molar-refractivity contribution is 0.534. The van der Waals surface area contributed by atoms with E-state index in [1.165, 1.54) is 38.5 Å². The van der Waals surface area contributed by atoms with Gasteiger partial charge in [-0.05, 0) is 36.5 Å². The van der Waals surface area contributed by atoms with Crippen molar-refractivity contribution in [1.82, 2.24) is 0 Å². The summed E-state index contributed by atoms with van der Waals surface area (Å²) in [7, 11) is 0. The first kappa shape index (κ1) is 11.8. The van der Waals surface area contributed by atoms with Crippen molar-refractivity contribution in [2.75, 3.05) is 0 Å². The molecule has 0 bridgehead atoms. The van der Waals surface area contributed by atoms with Crippen LogP contribution in [0.3, 0.4) is 0 Å². The van der Waals surface area contributed by atoms with Gasteiger partial charge in [0.15, 0.2) is 0 Å². The van der Waals surface area contributed by atoms with Crippen LogP contribution >= 0.6 is 0 Å². The minimum absolute atomic E-state index is 0.679. The lowest BCUT2D eigenvalue weighted by atomic mass is 10.00. The molecule has 2 nitrogen and oxygen atoms in total. The molecule has 0 spiro atoms. The summed E-state index contributed by atoms with van der Waals surface area (Å²) in [6.07, 6.45) is 12.2. The van der Waals surface area contributed by atoms with Gasteiger partial charge in [0.05, 0.1) is 0 Å². The van der Waals surface area contributed by atoms with Gasteiger partial charge in [0, 0.05) is 12.4 Å². The van der Waals surface area contributed by atoms with E-state index in [1.807, 2.05) is 0 Å². The highest BCUT2D eigenvalue weighted by Gasteiger charge is 2.22. The van der Waals surface area contributed by atoms with Crippen molar-refractivity contribution in [1.29, 1.82) is 0 Å². The fraction of sp³-hybridized carbons (Fsp3) is 0.857. The number of rotatable bonds is 3. The highest BCUT2D eigenvalue weighted by Crippen LogP contribution is 2.30. The summed E-state index contributed by atoms with van der Waals surface area (Å²) in [5.41, 5.74) is 0. The second-order valence-electron chi connectivity index (χ2n) is 5.67. The molecule has 0 radical (unpaired) electrons. The quantitative estimate of drug-likeness (QED) is 0.509. The number of nitrogens with zero attached hydrogens (tertiary/aromatic N) is 2. The molecule has 0 N–H and O–H groups in total. The molecule has 0 aliphatic heterocycles. The maximum absolute atomic E-state index is 4.25. The van der Waals surface area contributed by atoms with E-state index in [0.29, 0.717) is 11.8 Å². The Morgan fingerprint density at radius 2 is 1.19 bits per heavy atom. The third-order valence-corrected chi connectivity index (χ3v) is 4.44. The highest BCUT2D eigenvalue weighted by atomic mass is 15.2. The molecule has 2 rings (SSSR count). The number of hydrogen-bond acceptors (Lipinski definition) is 2. The SMILES string of the molecule is CC1CCCC1/C=N/N=C/C1CCCC1C. The Morgan fingerprint density at radius 3 is 1.50 bits per heavy atom. The van der Waals surface area contributed by atoms with E-state index in [1.54, 1.807) is 0 Å². The molecular weight excluding hydrogens is 196 g/mol. The smallest absolute Gasteiger partial charge is 0.0303 e. The van der Waals surface area contributed by atoms with Crippen LogP contribution < -0.4 is 0 Å². The van der Waals surface area contributed by atoms with E-state index in [2.05, 4.69) is 36.5 Å². The monoisotopic (exact) mass is 220 g/mol. The average molecular weight is 220 g/mol. The first-order chi connectivity index (χ1) is 7.77. The molecular formula is C14H24N2. The Morgan fingerprint density at radius 1 is 0.750 bits per heavy atom. The predicted octanol–water partition coefficient (Wildman–Crippen LogP) is 3.92. The number of hydrogen-bond donors (Lipinski definition) is 0. The maximum atomic E-state index is 4.25. The summed E-state index contributed by atoms with van der Waals surface area (Å²) >= 11 is 0. The molecule has 0 aromatic heterocycles. The van der Waals surface area contributed by atoms with E-state index in [0.717, 1.165) is 11.8 Å². The van der Waals surface area contributed by atoms with E-state index in [4.69, 9.17) is 0 Å². The van der Waals surface area contributed by atoms with Crippen LogP contribution in [0, 0.1) is 23.7 Å². The van der Waals surface area contributed by atoms with Crippen molar-refractivity contribution in [3.8, 4) is 0 Å².